The molecule has 2 atom stereocenters. The summed E-state index contributed by atoms with van der Waals surface area (Å²) in [5, 5.41) is 8.90. The van der Waals surface area contributed by atoms with Crippen LogP contribution in [0.1, 0.15) is 25.8 Å². The lowest BCUT2D eigenvalue weighted by Crippen LogP contribution is -2.27. The lowest BCUT2D eigenvalue weighted by atomic mass is 10.0. The lowest BCUT2D eigenvalue weighted by Gasteiger charge is -2.19. The van der Waals surface area contributed by atoms with Gasteiger partial charge in [0.2, 0.25) is 0 Å². The van der Waals surface area contributed by atoms with Gasteiger partial charge in [0.1, 0.15) is 0 Å². The van der Waals surface area contributed by atoms with E-state index in [-0.39, 0.29) is 6.10 Å². The Kier molecular flexibility index (Phi) is 4.99. The van der Waals surface area contributed by atoms with Gasteiger partial charge in [-0.1, -0.05) is 37.3 Å². The van der Waals surface area contributed by atoms with Gasteiger partial charge in [-0.15, -0.1) is 0 Å². The van der Waals surface area contributed by atoms with Crippen LogP contribution in [0.2, 0.25) is 0 Å². The predicted octanol–water partition coefficient (Wildman–Crippen LogP) is 2.70. The Hall–Kier alpha value is -1.35. The van der Waals surface area contributed by atoms with Crippen LogP contribution in [0.5, 0.6) is 0 Å². The standard InChI is InChI=1S/C13H18O3/c1-3-12(10(2)13(14)15)16-9-11-7-5-4-6-8-11/h4-8,10,12H,3,9H2,1-2H3,(H,14,15). The van der Waals surface area contributed by atoms with E-state index in [4.69, 9.17) is 9.84 Å². The molecule has 1 N–H and O–H groups in total. The number of hydrogen-bond acceptors (Lipinski definition) is 2. The molecule has 0 spiro atoms. The van der Waals surface area contributed by atoms with E-state index in [1.807, 2.05) is 37.3 Å². The number of carbonyl (C=O) groups is 1. The molecule has 3 nitrogen and oxygen atoms in total. The van der Waals surface area contributed by atoms with Crippen LogP contribution in [0.3, 0.4) is 0 Å². The number of rotatable bonds is 6. The average molecular weight is 222 g/mol. The van der Waals surface area contributed by atoms with Crippen molar-refractivity contribution in [2.24, 2.45) is 5.92 Å². The molecule has 0 fully saturated rings. The van der Waals surface area contributed by atoms with Crippen LogP contribution < -0.4 is 0 Å². The number of carboxylic acid groups (broad SMARTS) is 1. The second-order valence-corrected chi connectivity index (χ2v) is 3.87. The minimum atomic E-state index is -0.806. The van der Waals surface area contributed by atoms with Crippen molar-refractivity contribution in [1.82, 2.24) is 0 Å². The number of carboxylic acids is 1. The summed E-state index contributed by atoms with van der Waals surface area (Å²) in [4.78, 5) is 10.8. The monoisotopic (exact) mass is 222 g/mol. The van der Waals surface area contributed by atoms with Crippen LogP contribution >= 0.6 is 0 Å². The van der Waals surface area contributed by atoms with Gasteiger partial charge >= 0.3 is 5.97 Å². The van der Waals surface area contributed by atoms with E-state index < -0.39 is 11.9 Å². The first-order valence-electron chi connectivity index (χ1n) is 5.53. The predicted molar refractivity (Wildman–Crippen MR) is 62.1 cm³/mol. The molecular formula is C13H18O3. The van der Waals surface area contributed by atoms with Gasteiger partial charge in [-0.2, -0.15) is 0 Å². The topological polar surface area (TPSA) is 46.5 Å². The smallest absolute Gasteiger partial charge is 0.308 e. The highest BCUT2D eigenvalue weighted by molar-refractivity contribution is 5.70. The fourth-order valence-corrected chi connectivity index (χ4v) is 1.55. The molecule has 0 saturated heterocycles. The normalized spacial score (nSPS) is 14.4. The molecule has 0 aliphatic carbocycles. The molecule has 0 saturated carbocycles. The first kappa shape index (κ1) is 12.7. The summed E-state index contributed by atoms with van der Waals surface area (Å²) in [5.41, 5.74) is 1.07. The summed E-state index contributed by atoms with van der Waals surface area (Å²) in [6.07, 6.45) is 0.484. The van der Waals surface area contributed by atoms with Crippen LogP contribution in [0.25, 0.3) is 0 Å². The molecule has 0 aliphatic rings. The van der Waals surface area contributed by atoms with Crippen molar-refractivity contribution in [2.75, 3.05) is 0 Å². The van der Waals surface area contributed by atoms with Gasteiger partial charge in [-0.25, -0.2) is 0 Å². The van der Waals surface area contributed by atoms with Crippen molar-refractivity contribution >= 4 is 5.97 Å². The summed E-state index contributed by atoms with van der Waals surface area (Å²) in [6, 6.07) is 9.78. The maximum atomic E-state index is 10.8. The van der Waals surface area contributed by atoms with Gasteiger partial charge in [0, 0.05) is 0 Å². The Balaban J connectivity index is 2.49. The highest BCUT2D eigenvalue weighted by Gasteiger charge is 2.22. The van der Waals surface area contributed by atoms with Crippen LogP contribution in [-0.2, 0) is 16.1 Å². The van der Waals surface area contributed by atoms with Crippen molar-refractivity contribution in [2.45, 2.75) is 33.0 Å². The molecule has 0 aliphatic heterocycles. The molecule has 88 valence electrons. The van der Waals surface area contributed by atoms with Gasteiger partial charge < -0.3 is 9.84 Å². The maximum absolute atomic E-state index is 10.8. The Morgan fingerprint density at radius 2 is 2.00 bits per heavy atom. The van der Waals surface area contributed by atoms with E-state index in [2.05, 4.69) is 0 Å². The highest BCUT2D eigenvalue weighted by Crippen LogP contribution is 2.14. The first-order chi connectivity index (χ1) is 7.65. The van der Waals surface area contributed by atoms with Gasteiger partial charge in [-0.3, -0.25) is 4.79 Å². The van der Waals surface area contributed by atoms with Crippen molar-refractivity contribution < 1.29 is 14.6 Å². The summed E-state index contributed by atoms with van der Waals surface area (Å²) in [5.74, 6) is -1.27. The quantitative estimate of drug-likeness (QED) is 0.805. The summed E-state index contributed by atoms with van der Waals surface area (Å²) in [7, 11) is 0. The fraction of sp³-hybridized carbons (Fsp3) is 0.462. The van der Waals surface area contributed by atoms with E-state index in [1.54, 1.807) is 6.92 Å². The van der Waals surface area contributed by atoms with Crippen molar-refractivity contribution in [3.8, 4) is 0 Å². The number of aliphatic carboxylic acids is 1. The zero-order valence-corrected chi connectivity index (χ0v) is 9.72. The van der Waals surface area contributed by atoms with Gasteiger partial charge in [0.25, 0.3) is 0 Å². The van der Waals surface area contributed by atoms with Gasteiger partial charge in [0.05, 0.1) is 18.6 Å². The Morgan fingerprint density at radius 1 is 1.38 bits per heavy atom. The van der Waals surface area contributed by atoms with Crippen molar-refractivity contribution in [1.29, 1.82) is 0 Å². The fourth-order valence-electron chi connectivity index (χ4n) is 1.55. The van der Waals surface area contributed by atoms with Gasteiger partial charge in [0.15, 0.2) is 0 Å². The molecule has 0 radical (unpaired) electrons. The molecule has 1 aromatic rings. The Morgan fingerprint density at radius 3 is 2.50 bits per heavy atom. The maximum Gasteiger partial charge on any atom is 0.308 e. The Bertz CT molecular complexity index is 321. The van der Waals surface area contributed by atoms with E-state index in [9.17, 15) is 4.79 Å². The number of ether oxygens (including phenoxy) is 1. The third kappa shape index (κ3) is 3.66. The molecule has 1 rings (SSSR count). The molecule has 3 heteroatoms. The number of benzene rings is 1. The minimum Gasteiger partial charge on any atom is -0.481 e. The van der Waals surface area contributed by atoms with Crippen LogP contribution in [0, 0.1) is 5.92 Å². The van der Waals surface area contributed by atoms with E-state index >= 15 is 0 Å². The van der Waals surface area contributed by atoms with E-state index in [0.29, 0.717) is 13.0 Å². The molecule has 2 unspecified atom stereocenters. The van der Waals surface area contributed by atoms with E-state index in [0.717, 1.165) is 5.56 Å². The summed E-state index contributed by atoms with van der Waals surface area (Å²) in [6.45, 7) is 4.09. The zero-order chi connectivity index (χ0) is 12.0. The van der Waals surface area contributed by atoms with Crippen LogP contribution in [-0.4, -0.2) is 17.2 Å². The third-order valence-electron chi connectivity index (χ3n) is 2.66. The molecule has 1 aromatic carbocycles. The molecule has 0 aromatic heterocycles. The SMILES string of the molecule is CCC(OCc1ccccc1)C(C)C(=O)O. The average Bonchev–Trinajstić information content (AvgIpc) is 2.30. The third-order valence-corrected chi connectivity index (χ3v) is 2.66. The van der Waals surface area contributed by atoms with Crippen LogP contribution in [0.15, 0.2) is 30.3 Å². The largest absolute Gasteiger partial charge is 0.481 e. The Labute approximate surface area is 96.1 Å². The molecule has 16 heavy (non-hydrogen) atoms. The lowest BCUT2D eigenvalue weighted by molar-refractivity contribution is -0.147. The second-order valence-electron chi connectivity index (χ2n) is 3.87. The molecule has 0 bridgehead atoms. The highest BCUT2D eigenvalue weighted by atomic mass is 16.5. The summed E-state index contributed by atoms with van der Waals surface area (Å²) < 4.78 is 5.62. The van der Waals surface area contributed by atoms with Crippen molar-refractivity contribution in [3.05, 3.63) is 35.9 Å². The molecule has 0 heterocycles. The number of hydrogen-bond donors (Lipinski definition) is 1. The molecular weight excluding hydrogens is 204 g/mol. The molecule has 0 amide bonds. The summed E-state index contributed by atoms with van der Waals surface area (Å²) >= 11 is 0. The minimum absolute atomic E-state index is 0.224. The first-order valence-corrected chi connectivity index (χ1v) is 5.53. The zero-order valence-electron chi connectivity index (χ0n) is 9.72. The van der Waals surface area contributed by atoms with Crippen molar-refractivity contribution in [3.63, 3.8) is 0 Å². The second kappa shape index (κ2) is 6.28. The van der Waals surface area contributed by atoms with E-state index in [1.165, 1.54) is 0 Å². The van der Waals surface area contributed by atoms with Gasteiger partial charge in [-0.05, 0) is 18.9 Å². The van der Waals surface area contributed by atoms with Crippen LogP contribution in [0.4, 0.5) is 0 Å².